The minimum atomic E-state index is -0.210. The van der Waals surface area contributed by atoms with E-state index in [2.05, 4.69) is 11.1 Å². The molecule has 0 amide bonds. The normalized spacial score (nSPS) is 14.0. The molecule has 108 valence electrons. The lowest BCUT2D eigenvalue weighted by Crippen LogP contribution is -2.07. The highest BCUT2D eigenvalue weighted by Crippen LogP contribution is 2.46. The monoisotopic (exact) mass is 301 g/mol. The molecule has 1 aliphatic rings. The molecule has 0 bridgehead atoms. The maximum Gasteiger partial charge on any atom is 0.309 e. The molecule has 0 atom stereocenters. The SMILES string of the molecule is COC(=O)Cc1cccc(-c2cncc(Cl)c2)c1C1CC1. The summed E-state index contributed by atoms with van der Waals surface area (Å²) in [6, 6.07) is 7.96. The van der Waals surface area contributed by atoms with Crippen LogP contribution in [0.2, 0.25) is 5.02 Å². The summed E-state index contributed by atoms with van der Waals surface area (Å²) in [6.07, 6.45) is 6.08. The molecule has 0 aliphatic heterocycles. The zero-order valence-electron chi connectivity index (χ0n) is 11.8. The van der Waals surface area contributed by atoms with Gasteiger partial charge in [0.2, 0.25) is 0 Å². The van der Waals surface area contributed by atoms with E-state index in [1.54, 1.807) is 6.20 Å². The Morgan fingerprint density at radius 3 is 2.86 bits per heavy atom. The number of rotatable bonds is 4. The van der Waals surface area contributed by atoms with E-state index < -0.39 is 0 Å². The minimum absolute atomic E-state index is 0.210. The van der Waals surface area contributed by atoms with Gasteiger partial charge in [-0.2, -0.15) is 0 Å². The predicted octanol–water partition coefficient (Wildman–Crippen LogP) is 3.99. The third-order valence-electron chi connectivity index (χ3n) is 3.76. The molecule has 3 rings (SSSR count). The zero-order chi connectivity index (χ0) is 14.8. The smallest absolute Gasteiger partial charge is 0.309 e. The molecule has 1 aromatic heterocycles. The van der Waals surface area contributed by atoms with E-state index in [1.165, 1.54) is 25.5 Å². The van der Waals surface area contributed by atoms with Crippen LogP contribution in [0.25, 0.3) is 11.1 Å². The summed E-state index contributed by atoms with van der Waals surface area (Å²) >= 11 is 6.05. The summed E-state index contributed by atoms with van der Waals surface area (Å²) in [4.78, 5) is 15.8. The Hall–Kier alpha value is -1.87. The standard InChI is InChI=1S/C17H16ClNO2/c1-21-16(20)8-12-3-2-4-15(17(12)11-5-6-11)13-7-14(18)10-19-9-13/h2-4,7,9-11H,5-6,8H2,1H3. The molecule has 4 heteroatoms. The van der Waals surface area contributed by atoms with Gasteiger partial charge in [0, 0.05) is 18.0 Å². The van der Waals surface area contributed by atoms with Gasteiger partial charge in [0.05, 0.1) is 18.6 Å². The number of benzene rings is 1. The molecule has 3 nitrogen and oxygen atoms in total. The number of nitrogens with zero attached hydrogens (tertiary/aromatic N) is 1. The second kappa shape index (κ2) is 5.86. The van der Waals surface area contributed by atoms with Crippen LogP contribution >= 0.6 is 11.6 Å². The lowest BCUT2D eigenvalue weighted by molar-refractivity contribution is -0.139. The molecule has 0 N–H and O–H groups in total. The molecule has 1 fully saturated rings. The van der Waals surface area contributed by atoms with E-state index in [0.717, 1.165) is 16.7 Å². The van der Waals surface area contributed by atoms with Crippen LogP contribution in [-0.2, 0) is 16.0 Å². The van der Waals surface area contributed by atoms with Gasteiger partial charge in [-0.15, -0.1) is 0 Å². The maximum atomic E-state index is 11.6. The average Bonchev–Trinajstić information content (AvgIpc) is 3.31. The van der Waals surface area contributed by atoms with Crippen LogP contribution in [-0.4, -0.2) is 18.1 Å². The molecule has 0 unspecified atom stereocenters. The lowest BCUT2D eigenvalue weighted by atomic mass is 9.91. The maximum absolute atomic E-state index is 11.6. The van der Waals surface area contributed by atoms with Crippen molar-refractivity contribution in [2.75, 3.05) is 7.11 Å². The summed E-state index contributed by atoms with van der Waals surface area (Å²) in [7, 11) is 1.42. The van der Waals surface area contributed by atoms with E-state index in [1.807, 2.05) is 24.4 Å². The fourth-order valence-electron chi connectivity index (χ4n) is 2.66. The molecule has 1 aromatic carbocycles. The Morgan fingerprint density at radius 2 is 2.19 bits per heavy atom. The average molecular weight is 302 g/mol. The number of halogens is 1. The third kappa shape index (κ3) is 3.08. The molecule has 0 radical (unpaired) electrons. The van der Waals surface area contributed by atoms with Gasteiger partial charge in [-0.25, -0.2) is 0 Å². The topological polar surface area (TPSA) is 39.2 Å². The van der Waals surface area contributed by atoms with E-state index in [9.17, 15) is 4.79 Å². The van der Waals surface area contributed by atoms with Crippen LogP contribution in [0.1, 0.15) is 29.9 Å². The summed E-state index contributed by atoms with van der Waals surface area (Å²) in [5.41, 5.74) is 4.40. The van der Waals surface area contributed by atoms with Gasteiger partial charge in [0.1, 0.15) is 0 Å². The third-order valence-corrected chi connectivity index (χ3v) is 3.97. The van der Waals surface area contributed by atoms with Crippen molar-refractivity contribution in [1.82, 2.24) is 4.98 Å². The highest BCUT2D eigenvalue weighted by Gasteiger charge is 2.29. The predicted molar refractivity (Wildman–Crippen MR) is 82.4 cm³/mol. The molecule has 1 heterocycles. The zero-order valence-corrected chi connectivity index (χ0v) is 12.6. The number of ether oxygens (including phenoxy) is 1. The van der Waals surface area contributed by atoms with E-state index >= 15 is 0 Å². The fourth-order valence-corrected chi connectivity index (χ4v) is 2.83. The highest BCUT2D eigenvalue weighted by atomic mass is 35.5. The Labute approximate surface area is 128 Å². The van der Waals surface area contributed by atoms with Gasteiger partial charge in [-0.3, -0.25) is 9.78 Å². The quantitative estimate of drug-likeness (QED) is 0.801. The first-order chi connectivity index (χ1) is 10.2. The van der Waals surface area contributed by atoms with Crippen molar-refractivity contribution in [2.24, 2.45) is 0 Å². The van der Waals surface area contributed by atoms with Gasteiger partial charge >= 0.3 is 5.97 Å². The van der Waals surface area contributed by atoms with Gasteiger partial charge in [-0.1, -0.05) is 29.8 Å². The van der Waals surface area contributed by atoms with Crippen LogP contribution < -0.4 is 0 Å². The number of carbonyl (C=O) groups excluding carboxylic acids is 1. The van der Waals surface area contributed by atoms with Crippen molar-refractivity contribution < 1.29 is 9.53 Å². The number of methoxy groups -OCH3 is 1. The van der Waals surface area contributed by atoms with E-state index in [-0.39, 0.29) is 5.97 Å². The molecule has 21 heavy (non-hydrogen) atoms. The summed E-state index contributed by atoms with van der Waals surface area (Å²) < 4.78 is 4.80. The Balaban J connectivity index is 2.08. The highest BCUT2D eigenvalue weighted by molar-refractivity contribution is 6.30. The molecule has 2 aromatic rings. The van der Waals surface area contributed by atoms with E-state index in [0.29, 0.717) is 17.4 Å². The Bertz CT molecular complexity index is 680. The molecule has 0 saturated heterocycles. The van der Waals surface area contributed by atoms with Crippen molar-refractivity contribution in [3.63, 3.8) is 0 Å². The summed E-state index contributed by atoms with van der Waals surface area (Å²) in [5.74, 6) is 0.318. The van der Waals surface area contributed by atoms with Crippen LogP contribution in [0.4, 0.5) is 0 Å². The van der Waals surface area contributed by atoms with Crippen molar-refractivity contribution in [1.29, 1.82) is 0 Å². The van der Waals surface area contributed by atoms with Crippen LogP contribution in [0.15, 0.2) is 36.7 Å². The van der Waals surface area contributed by atoms with Gasteiger partial charge < -0.3 is 4.74 Å². The Morgan fingerprint density at radius 1 is 1.38 bits per heavy atom. The van der Waals surface area contributed by atoms with Gasteiger partial charge in [0.25, 0.3) is 0 Å². The number of hydrogen-bond acceptors (Lipinski definition) is 3. The lowest BCUT2D eigenvalue weighted by Gasteiger charge is -2.14. The first-order valence-electron chi connectivity index (χ1n) is 6.98. The number of pyridine rings is 1. The molecule has 0 spiro atoms. The largest absolute Gasteiger partial charge is 0.469 e. The molecule has 1 saturated carbocycles. The van der Waals surface area contributed by atoms with Crippen LogP contribution in [0.5, 0.6) is 0 Å². The van der Waals surface area contributed by atoms with Crippen molar-refractivity contribution in [2.45, 2.75) is 25.2 Å². The number of carbonyl (C=O) groups is 1. The fraction of sp³-hybridized carbons (Fsp3) is 0.294. The summed E-state index contributed by atoms with van der Waals surface area (Å²) in [5, 5.41) is 0.618. The molecular formula is C17H16ClNO2. The molecular weight excluding hydrogens is 286 g/mol. The second-order valence-corrected chi connectivity index (χ2v) is 5.73. The molecule has 1 aliphatic carbocycles. The van der Waals surface area contributed by atoms with Crippen molar-refractivity contribution in [3.05, 3.63) is 52.8 Å². The first-order valence-corrected chi connectivity index (χ1v) is 7.36. The number of aromatic nitrogens is 1. The Kier molecular flexibility index (Phi) is 3.93. The number of esters is 1. The second-order valence-electron chi connectivity index (χ2n) is 5.30. The van der Waals surface area contributed by atoms with Gasteiger partial charge in [-0.05, 0) is 41.5 Å². The summed E-state index contributed by atoms with van der Waals surface area (Å²) in [6.45, 7) is 0. The van der Waals surface area contributed by atoms with Gasteiger partial charge in [0.15, 0.2) is 0 Å². The van der Waals surface area contributed by atoms with E-state index in [4.69, 9.17) is 16.3 Å². The van der Waals surface area contributed by atoms with Crippen molar-refractivity contribution in [3.8, 4) is 11.1 Å². The van der Waals surface area contributed by atoms with Crippen molar-refractivity contribution >= 4 is 17.6 Å². The first kappa shape index (κ1) is 14.1. The minimum Gasteiger partial charge on any atom is -0.469 e. The van der Waals surface area contributed by atoms with Crippen LogP contribution in [0.3, 0.4) is 0 Å². The van der Waals surface area contributed by atoms with Crippen LogP contribution in [0, 0.1) is 0 Å². The number of hydrogen-bond donors (Lipinski definition) is 0.